The van der Waals surface area contributed by atoms with Crippen LogP contribution < -0.4 is 5.32 Å². The fraction of sp³-hybridized carbons (Fsp3) is 0.842. The summed E-state index contributed by atoms with van der Waals surface area (Å²) in [5, 5.41) is 12.4. The first-order valence-corrected chi connectivity index (χ1v) is 9.34. The molecule has 2 fully saturated rings. The number of amides is 2. The van der Waals surface area contributed by atoms with E-state index in [1.165, 1.54) is 4.90 Å². The number of carboxylic acid groups (broad SMARTS) is 1. The molecule has 0 aromatic carbocycles. The molecule has 0 spiro atoms. The van der Waals surface area contributed by atoms with Crippen LogP contribution in [-0.2, 0) is 14.3 Å². The largest absolute Gasteiger partial charge is 0.480 e. The Balaban J connectivity index is 2.21. The standard InChI is InChI=1S/C19H32N2O5/c1-18(2,3)14(20-17(25)26-19(4,5)6)15(22)21-10-11-8-7-9-12(11)13(21)16(23)24/h11-14H,7-10H2,1-6H3,(H,20,25)(H,23,24)/t11-,12-,13-,14+/m0/s1. The van der Waals surface area contributed by atoms with Gasteiger partial charge < -0.3 is 20.1 Å². The molecule has 0 radical (unpaired) electrons. The van der Waals surface area contributed by atoms with Crippen molar-refractivity contribution < 1.29 is 24.2 Å². The Morgan fingerprint density at radius 1 is 1.12 bits per heavy atom. The summed E-state index contributed by atoms with van der Waals surface area (Å²) < 4.78 is 5.29. The molecule has 4 atom stereocenters. The van der Waals surface area contributed by atoms with Gasteiger partial charge in [0.15, 0.2) is 0 Å². The van der Waals surface area contributed by atoms with Crippen LogP contribution in [0.5, 0.6) is 0 Å². The smallest absolute Gasteiger partial charge is 0.408 e. The predicted octanol–water partition coefficient (Wildman–Crippen LogP) is 2.64. The maximum absolute atomic E-state index is 13.2. The Kier molecular flexibility index (Phi) is 5.59. The molecule has 0 aromatic rings. The number of ether oxygens (including phenoxy) is 1. The summed E-state index contributed by atoms with van der Waals surface area (Å²) in [5.74, 6) is -1.05. The van der Waals surface area contributed by atoms with E-state index in [0.717, 1.165) is 19.3 Å². The Morgan fingerprint density at radius 2 is 1.73 bits per heavy atom. The van der Waals surface area contributed by atoms with Crippen molar-refractivity contribution in [2.24, 2.45) is 17.3 Å². The van der Waals surface area contributed by atoms with E-state index >= 15 is 0 Å². The molecule has 2 amide bonds. The highest BCUT2D eigenvalue weighted by molar-refractivity contribution is 5.90. The molecule has 148 valence electrons. The number of rotatable bonds is 3. The number of carbonyl (C=O) groups excluding carboxylic acids is 2. The molecule has 1 aliphatic carbocycles. The molecule has 1 heterocycles. The van der Waals surface area contributed by atoms with E-state index in [0.29, 0.717) is 6.54 Å². The van der Waals surface area contributed by atoms with Gasteiger partial charge >= 0.3 is 12.1 Å². The number of fused-ring (bicyclic) bond motifs is 1. The number of aliphatic carboxylic acids is 1. The highest BCUT2D eigenvalue weighted by Gasteiger charge is 2.51. The van der Waals surface area contributed by atoms with E-state index in [-0.39, 0.29) is 17.7 Å². The maximum Gasteiger partial charge on any atom is 0.408 e. The van der Waals surface area contributed by atoms with Gasteiger partial charge in [-0.25, -0.2) is 9.59 Å². The monoisotopic (exact) mass is 368 g/mol. The van der Waals surface area contributed by atoms with Gasteiger partial charge in [0.05, 0.1) is 0 Å². The molecular weight excluding hydrogens is 336 g/mol. The van der Waals surface area contributed by atoms with Crippen LogP contribution in [0.4, 0.5) is 4.79 Å². The zero-order valence-electron chi connectivity index (χ0n) is 16.7. The minimum Gasteiger partial charge on any atom is -0.480 e. The normalized spacial score (nSPS) is 27.0. The summed E-state index contributed by atoms with van der Waals surface area (Å²) in [6.45, 7) is 11.2. The lowest BCUT2D eigenvalue weighted by Crippen LogP contribution is -2.57. The molecule has 1 aliphatic heterocycles. The quantitative estimate of drug-likeness (QED) is 0.798. The van der Waals surface area contributed by atoms with E-state index < -0.39 is 35.2 Å². The molecule has 0 aromatic heterocycles. The second-order valence-corrected chi connectivity index (χ2v) is 9.57. The van der Waals surface area contributed by atoms with Crippen molar-refractivity contribution >= 4 is 18.0 Å². The number of carbonyl (C=O) groups is 3. The Bertz CT molecular complexity index is 575. The van der Waals surface area contributed by atoms with Gasteiger partial charge in [0, 0.05) is 6.54 Å². The molecule has 1 saturated heterocycles. The molecule has 7 heteroatoms. The lowest BCUT2D eigenvalue weighted by atomic mass is 9.85. The van der Waals surface area contributed by atoms with Crippen LogP contribution in [0, 0.1) is 17.3 Å². The number of carboxylic acids is 1. The van der Waals surface area contributed by atoms with Crippen molar-refractivity contribution in [3.05, 3.63) is 0 Å². The number of hydrogen-bond acceptors (Lipinski definition) is 4. The second kappa shape index (κ2) is 7.08. The summed E-state index contributed by atoms with van der Waals surface area (Å²) in [5.41, 5.74) is -1.25. The topological polar surface area (TPSA) is 95.9 Å². The van der Waals surface area contributed by atoms with Crippen molar-refractivity contribution in [2.45, 2.75) is 78.5 Å². The highest BCUT2D eigenvalue weighted by atomic mass is 16.6. The lowest BCUT2D eigenvalue weighted by molar-refractivity contribution is -0.151. The fourth-order valence-electron chi connectivity index (χ4n) is 4.09. The van der Waals surface area contributed by atoms with E-state index in [2.05, 4.69) is 5.32 Å². The number of alkyl carbamates (subject to hydrolysis) is 1. The van der Waals surface area contributed by atoms with Crippen LogP contribution in [0.15, 0.2) is 0 Å². The molecule has 26 heavy (non-hydrogen) atoms. The number of nitrogens with one attached hydrogen (secondary N) is 1. The van der Waals surface area contributed by atoms with Crippen LogP contribution >= 0.6 is 0 Å². The number of hydrogen-bond donors (Lipinski definition) is 2. The lowest BCUT2D eigenvalue weighted by Gasteiger charge is -2.35. The highest BCUT2D eigenvalue weighted by Crippen LogP contribution is 2.43. The molecule has 0 unspecified atom stereocenters. The van der Waals surface area contributed by atoms with Gasteiger partial charge in [0.1, 0.15) is 17.7 Å². The van der Waals surface area contributed by atoms with Crippen LogP contribution in [0.25, 0.3) is 0 Å². The zero-order chi connectivity index (χ0) is 19.9. The van der Waals surface area contributed by atoms with Crippen LogP contribution in [0.2, 0.25) is 0 Å². The Hall–Kier alpha value is -1.79. The van der Waals surface area contributed by atoms with Crippen molar-refractivity contribution in [3.63, 3.8) is 0 Å². The number of nitrogens with zero attached hydrogens (tertiary/aromatic N) is 1. The van der Waals surface area contributed by atoms with E-state index in [1.54, 1.807) is 20.8 Å². The van der Waals surface area contributed by atoms with Crippen molar-refractivity contribution in [2.75, 3.05) is 6.54 Å². The third-order valence-electron chi connectivity index (χ3n) is 5.20. The van der Waals surface area contributed by atoms with Gasteiger partial charge in [0.25, 0.3) is 0 Å². The molecule has 1 saturated carbocycles. The summed E-state index contributed by atoms with van der Waals surface area (Å²) in [6, 6.07) is -1.65. The first kappa shape index (κ1) is 20.5. The van der Waals surface area contributed by atoms with Gasteiger partial charge in [-0.15, -0.1) is 0 Å². The molecule has 7 nitrogen and oxygen atoms in total. The SMILES string of the molecule is CC(C)(C)OC(=O)N[C@H](C(=O)N1C[C@@H]2CCC[C@@H]2[C@H]1C(=O)O)C(C)(C)C. The van der Waals surface area contributed by atoms with Crippen LogP contribution in [0.3, 0.4) is 0 Å². The van der Waals surface area contributed by atoms with E-state index in [4.69, 9.17) is 4.74 Å². The van der Waals surface area contributed by atoms with E-state index in [9.17, 15) is 19.5 Å². The Morgan fingerprint density at radius 3 is 2.23 bits per heavy atom. The summed E-state index contributed by atoms with van der Waals surface area (Å²) in [6.07, 6.45) is 2.14. The zero-order valence-corrected chi connectivity index (χ0v) is 16.7. The molecule has 2 rings (SSSR count). The minimum atomic E-state index is -0.960. The molecule has 2 aliphatic rings. The predicted molar refractivity (Wildman–Crippen MR) is 96.6 cm³/mol. The Labute approximate surface area is 155 Å². The fourth-order valence-corrected chi connectivity index (χ4v) is 4.09. The molecule has 0 bridgehead atoms. The van der Waals surface area contributed by atoms with E-state index in [1.807, 2.05) is 20.8 Å². The van der Waals surface area contributed by atoms with Crippen molar-refractivity contribution in [3.8, 4) is 0 Å². The third-order valence-corrected chi connectivity index (χ3v) is 5.20. The first-order chi connectivity index (χ1) is 11.8. The average Bonchev–Trinajstić information content (AvgIpc) is 3.00. The van der Waals surface area contributed by atoms with Crippen molar-refractivity contribution in [1.82, 2.24) is 10.2 Å². The van der Waals surface area contributed by atoms with Crippen LogP contribution in [-0.4, -0.2) is 52.2 Å². The van der Waals surface area contributed by atoms with Crippen LogP contribution in [0.1, 0.15) is 60.8 Å². The first-order valence-electron chi connectivity index (χ1n) is 9.34. The summed E-state index contributed by atoms with van der Waals surface area (Å²) >= 11 is 0. The van der Waals surface area contributed by atoms with Crippen molar-refractivity contribution in [1.29, 1.82) is 0 Å². The molecular formula is C19H32N2O5. The second-order valence-electron chi connectivity index (χ2n) is 9.57. The number of likely N-dealkylation sites (tertiary alicyclic amines) is 1. The minimum absolute atomic E-state index is 0.0126. The summed E-state index contributed by atoms with van der Waals surface area (Å²) in [7, 11) is 0. The van der Waals surface area contributed by atoms with Gasteiger partial charge in [0.2, 0.25) is 5.91 Å². The van der Waals surface area contributed by atoms with Gasteiger partial charge in [-0.2, -0.15) is 0 Å². The molecule has 2 N–H and O–H groups in total. The third kappa shape index (κ3) is 4.48. The maximum atomic E-state index is 13.2. The van der Waals surface area contributed by atoms with Gasteiger partial charge in [-0.1, -0.05) is 27.2 Å². The van der Waals surface area contributed by atoms with Gasteiger partial charge in [-0.05, 0) is 50.9 Å². The summed E-state index contributed by atoms with van der Waals surface area (Å²) in [4.78, 5) is 38.8. The average molecular weight is 368 g/mol. The van der Waals surface area contributed by atoms with Gasteiger partial charge in [-0.3, -0.25) is 4.79 Å².